The van der Waals surface area contributed by atoms with Crippen LogP contribution in [-0.2, 0) is 4.79 Å². The lowest BCUT2D eigenvalue weighted by Gasteiger charge is -2.21. The number of rotatable bonds is 5. The number of carbonyl (C=O) groups excluding carboxylic acids is 1. The summed E-state index contributed by atoms with van der Waals surface area (Å²) in [6, 6.07) is 5.97. The number of amides is 1. The van der Waals surface area contributed by atoms with Crippen molar-refractivity contribution in [2.45, 2.75) is 0 Å². The number of carbonyl (C=O) groups is 1. The Labute approximate surface area is 126 Å². The monoisotopic (exact) mass is 309 g/mol. The first kappa shape index (κ1) is 15.5. The van der Waals surface area contributed by atoms with Crippen LogP contribution < -0.4 is 10.3 Å². The number of quaternary nitrogens is 1. The van der Waals surface area contributed by atoms with Crippen molar-refractivity contribution < 1.29 is 14.6 Å². The van der Waals surface area contributed by atoms with Gasteiger partial charge in [-0.2, -0.15) is 16.9 Å². The van der Waals surface area contributed by atoms with Gasteiger partial charge in [-0.3, -0.25) is 14.9 Å². The fourth-order valence-electron chi connectivity index (χ4n) is 1.96. The largest absolute Gasteiger partial charge is 0.326 e. The average Bonchev–Trinajstić information content (AvgIpc) is 2.49. The van der Waals surface area contributed by atoms with Gasteiger partial charge in [-0.25, -0.2) is 5.43 Å². The van der Waals surface area contributed by atoms with E-state index >= 15 is 0 Å². The molecule has 2 rings (SSSR count). The molecule has 8 heteroatoms. The van der Waals surface area contributed by atoms with Gasteiger partial charge in [0.05, 0.1) is 24.2 Å². The van der Waals surface area contributed by atoms with Crippen LogP contribution in [0.4, 0.5) is 5.69 Å². The second-order valence-corrected chi connectivity index (χ2v) is 5.91. The molecule has 21 heavy (non-hydrogen) atoms. The number of hydrogen-bond acceptors (Lipinski definition) is 5. The van der Waals surface area contributed by atoms with Crippen molar-refractivity contribution in [1.82, 2.24) is 5.43 Å². The number of non-ortho nitro benzene ring substituents is 1. The number of nitro benzene ring substituents is 1. The predicted octanol–water partition coefficient (Wildman–Crippen LogP) is -0.323. The van der Waals surface area contributed by atoms with Gasteiger partial charge in [-0.05, 0) is 17.7 Å². The van der Waals surface area contributed by atoms with Gasteiger partial charge in [0.15, 0.2) is 6.54 Å². The average molecular weight is 309 g/mol. The Bertz CT molecular complexity index is 527. The molecule has 1 aliphatic heterocycles. The van der Waals surface area contributed by atoms with Gasteiger partial charge in [0.2, 0.25) is 0 Å². The Morgan fingerprint density at radius 2 is 2.05 bits per heavy atom. The van der Waals surface area contributed by atoms with Crippen LogP contribution in [0.2, 0.25) is 0 Å². The lowest BCUT2D eigenvalue weighted by molar-refractivity contribution is -0.888. The Morgan fingerprint density at radius 1 is 1.38 bits per heavy atom. The molecule has 1 aliphatic rings. The smallest absolute Gasteiger partial charge is 0.295 e. The summed E-state index contributed by atoms with van der Waals surface area (Å²) in [4.78, 5) is 23.0. The Balaban J connectivity index is 1.78. The van der Waals surface area contributed by atoms with Crippen LogP contribution in [0.25, 0.3) is 0 Å². The normalized spacial score (nSPS) is 16.0. The van der Waals surface area contributed by atoms with Crippen molar-refractivity contribution in [2.75, 3.05) is 31.1 Å². The van der Waals surface area contributed by atoms with E-state index in [2.05, 4.69) is 10.5 Å². The third kappa shape index (κ3) is 5.16. The summed E-state index contributed by atoms with van der Waals surface area (Å²) in [5, 5.41) is 14.4. The van der Waals surface area contributed by atoms with Crippen LogP contribution in [0, 0.1) is 10.1 Å². The summed E-state index contributed by atoms with van der Waals surface area (Å²) in [5.74, 6) is 2.07. The SMILES string of the molecule is O=C(C[NH+]1CCSCC1)N/N=C\c1ccc([N+](=O)[O-])cc1. The summed E-state index contributed by atoms with van der Waals surface area (Å²) in [5.41, 5.74) is 3.21. The van der Waals surface area contributed by atoms with Crippen LogP contribution >= 0.6 is 11.8 Å². The van der Waals surface area contributed by atoms with E-state index in [9.17, 15) is 14.9 Å². The highest BCUT2D eigenvalue weighted by molar-refractivity contribution is 7.99. The quantitative estimate of drug-likeness (QED) is 0.443. The van der Waals surface area contributed by atoms with Gasteiger partial charge in [0, 0.05) is 23.6 Å². The van der Waals surface area contributed by atoms with E-state index in [1.807, 2.05) is 11.8 Å². The van der Waals surface area contributed by atoms with E-state index < -0.39 is 4.92 Å². The minimum atomic E-state index is -0.456. The zero-order valence-electron chi connectivity index (χ0n) is 11.4. The highest BCUT2D eigenvalue weighted by Crippen LogP contribution is 2.10. The van der Waals surface area contributed by atoms with Crippen molar-refractivity contribution in [2.24, 2.45) is 5.10 Å². The van der Waals surface area contributed by atoms with Crippen LogP contribution in [0.15, 0.2) is 29.4 Å². The van der Waals surface area contributed by atoms with Crippen LogP contribution in [-0.4, -0.2) is 48.2 Å². The molecule has 112 valence electrons. The standard InChI is InChI=1S/C13H16N4O3S/c18-13(10-16-5-7-21-8-6-16)15-14-9-11-1-3-12(4-2-11)17(19)20/h1-4,9H,5-8,10H2,(H,15,18)/p+1/b14-9-. The molecule has 0 spiro atoms. The highest BCUT2D eigenvalue weighted by Gasteiger charge is 2.16. The molecule has 1 fully saturated rings. The van der Waals surface area contributed by atoms with Crippen molar-refractivity contribution in [3.8, 4) is 0 Å². The minimum Gasteiger partial charge on any atom is -0.326 e. The first-order valence-corrected chi connectivity index (χ1v) is 7.78. The number of nitrogens with one attached hydrogen (secondary N) is 2. The topological polar surface area (TPSA) is 89.0 Å². The maximum atomic E-state index is 11.7. The number of hydrazone groups is 1. The van der Waals surface area contributed by atoms with Gasteiger partial charge < -0.3 is 4.90 Å². The van der Waals surface area contributed by atoms with Crippen molar-refractivity contribution in [3.63, 3.8) is 0 Å². The van der Waals surface area contributed by atoms with Gasteiger partial charge in [0.1, 0.15) is 0 Å². The lowest BCUT2D eigenvalue weighted by Crippen LogP contribution is -3.14. The molecule has 1 saturated heterocycles. The van der Waals surface area contributed by atoms with E-state index in [1.165, 1.54) is 23.2 Å². The van der Waals surface area contributed by atoms with E-state index in [4.69, 9.17) is 0 Å². The molecule has 1 aromatic carbocycles. The zero-order valence-corrected chi connectivity index (χ0v) is 12.3. The number of benzene rings is 1. The Morgan fingerprint density at radius 3 is 2.67 bits per heavy atom. The van der Waals surface area contributed by atoms with E-state index in [1.54, 1.807) is 12.1 Å². The first-order valence-electron chi connectivity index (χ1n) is 6.63. The van der Waals surface area contributed by atoms with Crippen LogP contribution in [0.5, 0.6) is 0 Å². The van der Waals surface area contributed by atoms with E-state index in [0.29, 0.717) is 12.1 Å². The summed E-state index contributed by atoms with van der Waals surface area (Å²) < 4.78 is 0. The Kier molecular flexibility index (Phi) is 5.70. The molecule has 0 unspecified atom stereocenters. The van der Waals surface area contributed by atoms with Gasteiger partial charge in [-0.1, -0.05) is 0 Å². The molecule has 2 N–H and O–H groups in total. The molecule has 0 bridgehead atoms. The molecule has 7 nitrogen and oxygen atoms in total. The zero-order chi connectivity index (χ0) is 15.1. The van der Waals surface area contributed by atoms with Crippen molar-refractivity contribution in [1.29, 1.82) is 0 Å². The second-order valence-electron chi connectivity index (χ2n) is 4.68. The molecule has 0 aromatic heterocycles. The fraction of sp³-hybridized carbons (Fsp3) is 0.385. The van der Waals surface area contributed by atoms with Gasteiger partial charge >= 0.3 is 0 Å². The van der Waals surface area contributed by atoms with Gasteiger partial charge in [-0.15, -0.1) is 0 Å². The maximum Gasteiger partial charge on any atom is 0.295 e. The molecule has 1 heterocycles. The van der Waals surface area contributed by atoms with Crippen LogP contribution in [0.1, 0.15) is 5.56 Å². The molecule has 0 atom stereocenters. The lowest BCUT2D eigenvalue weighted by atomic mass is 10.2. The van der Waals surface area contributed by atoms with Crippen molar-refractivity contribution in [3.05, 3.63) is 39.9 Å². The molecular weight excluding hydrogens is 292 g/mol. The van der Waals surface area contributed by atoms with Crippen LogP contribution in [0.3, 0.4) is 0 Å². The second kappa shape index (κ2) is 7.75. The first-order chi connectivity index (χ1) is 10.1. The third-order valence-corrected chi connectivity index (χ3v) is 4.10. The number of nitro groups is 1. The predicted molar refractivity (Wildman–Crippen MR) is 81.7 cm³/mol. The summed E-state index contributed by atoms with van der Waals surface area (Å²) in [6.45, 7) is 2.44. The van der Waals surface area contributed by atoms with Gasteiger partial charge in [0.25, 0.3) is 11.6 Å². The molecule has 1 aromatic rings. The van der Waals surface area contributed by atoms with E-state index in [0.717, 1.165) is 24.6 Å². The molecule has 0 saturated carbocycles. The summed E-state index contributed by atoms with van der Waals surface area (Å²) in [6.07, 6.45) is 1.48. The van der Waals surface area contributed by atoms with Crippen molar-refractivity contribution >= 4 is 29.6 Å². The van der Waals surface area contributed by atoms with E-state index in [-0.39, 0.29) is 11.6 Å². The third-order valence-electron chi connectivity index (χ3n) is 3.12. The number of thioether (sulfide) groups is 1. The minimum absolute atomic E-state index is 0.0303. The number of nitrogens with zero attached hydrogens (tertiary/aromatic N) is 2. The fourth-order valence-corrected chi connectivity index (χ4v) is 3.03. The molecule has 0 aliphatic carbocycles. The summed E-state index contributed by atoms with van der Waals surface area (Å²) >= 11 is 1.91. The Hall–Kier alpha value is -1.93. The molecular formula is C13H17N4O3S+. The highest BCUT2D eigenvalue weighted by atomic mass is 32.2. The number of hydrogen-bond donors (Lipinski definition) is 2. The maximum absolute atomic E-state index is 11.7. The molecule has 0 radical (unpaired) electrons. The molecule has 1 amide bonds. The summed E-state index contributed by atoms with van der Waals surface area (Å²) in [7, 11) is 0.